The molecule has 1 aliphatic rings. The van der Waals surface area contributed by atoms with Crippen LogP contribution in [0.1, 0.15) is 15.9 Å². The van der Waals surface area contributed by atoms with Gasteiger partial charge in [-0.2, -0.15) is 0 Å². The Hall–Kier alpha value is -3.07. The van der Waals surface area contributed by atoms with Crippen molar-refractivity contribution in [1.82, 2.24) is 10.2 Å². The number of amides is 2. The van der Waals surface area contributed by atoms with Crippen LogP contribution in [0.15, 0.2) is 36.4 Å². The second kappa shape index (κ2) is 11.0. The van der Waals surface area contributed by atoms with Crippen molar-refractivity contribution in [2.24, 2.45) is 0 Å². The minimum atomic E-state index is -0.532. The number of nitrogens with zero attached hydrogens (tertiary/aromatic N) is 1. The van der Waals surface area contributed by atoms with Crippen molar-refractivity contribution in [2.75, 3.05) is 46.6 Å². The molecule has 0 bridgehead atoms. The van der Waals surface area contributed by atoms with Crippen molar-refractivity contribution in [2.45, 2.75) is 12.5 Å². The fraction of sp³-hybridized carbons (Fsp3) is 0.391. The fourth-order valence-electron chi connectivity index (χ4n) is 3.44. The Bertz CT molecular complexity index is 945. The van der Waals surface area contributed by atoms with Crippen LogP contribution in [0, 0.1) is 0 Å². The molecule has 1 saturated heterocycles. The monoisotopic (exact) mass is 460 g/mol. The summed E-state index contributed by atoms with van der Waals surface area (Å²) >= 11 is 1.55. The quantitative estimate of drug-likeness (QED) is 0.616. The van der Waals surface area contributed by atoms with Crippen LogP contribution in [0.5, 0.6) is 23.0 Å². The third kappa shape index (κ3) is 5.40. The summed E-state index contributed by atoms with van der Waals surface area (Å²) in [5.74, 6) is 2.96. The Morgan fingerprint density at radius 1 is 0.969 bits per heavy atom. The molecule has 3 rings (SSSR count). The van der Waals surface area contributed by atoms with Gasteiger partial charge in [0, 0.05) is 23.9 Å². The minimum Gasteiger partial charge on any atom is -0.497 e. The van der Waals surface area contributed by atoms with E-state index in [0.29, 0.717) is 53.2 Å². The molecule has 2 aromatic rings. The van der Waals surface area contributed by atoms with Gasteiger partial charge in [0.15, 0.2) is 11.5 Å². The molecular formula is C23H28N2O6S. The van der Waals surface area contributed by atoms with E-state index in [9.17, 15) is 9.59 Å². The third-order valence-corrected chi connectivity index (χ3v) is 6.22. The predicted molar refractivity (Wildman–Crippen MR) is 123 cm³/mol. The highest BCUT2D eigenvalue weighted by Gasteiger charge is 2.35. The predicted octanol–water partition coefficient (Wildman–Crippen LogP) is 2.60. The molecule has 1 atom stereocenters. The topological polar surface area (TPSA) is 86.3 Å². The number of methoxy groups -OCH3 is 4. The van der Waals surface area contributed by atoms with Gasteiger partial charge in [0.1, 0.15) is 17.5 Å². The highest BCUT2D eigenvalue weighted by atomic mass is 32.2. The zero-order valence-electron chi connectivity index (χ0n) is 18.7. The molecule has 172 valence electrons. The smallest absolute Gasteiger partial charge is 0.255 e. The fourth-order valence-corrected chi connectivity index (χ4v) is 4.59. The highest BCUT2D eigenvalue weighted by molar-refractivity contribution is 7.99. The average Bonchev–Trinajstić information content (AvgIpc) is 3.33. The lowest BCUT2D eigenvalue weighted by atomic mass is 10.1. The molecule has 1 unspecified atom stereocenters. The molecule has 32 heavy (non-hydrogen) atoms. The van der Waals surface area contributed by atoms with E-state index in [0.717, 1.165) is 5.56 Å². The summed E-state index contributed by atoms with van der Waals surface area (Å²) < 4.78 is 21.1. The van der Waals surface area contributed by atoms with E-state index >= 15 is 0 Å². The lowest BCUT2D eigenvalue weighted by Crippen LogP contribution is -2.47. The number of hydrogen-bond acceptors (Lipinski definition) is 7. The molecule has 1 aliphatic heterocycles. The van der Waals surface area contributed by atoms with Gasteiger partial charge in [-0.15, -0.1) is 11.8 Å². The van der Waals surface area contributed by atoms with Gasteiger partial charge in [-0.25, -0.2) is 0 Å². The number of ether oxygens (including phenoxy) is 4. The molecule has 1 heterocycles. The minimum absolute atomic E-state index is 0.168. The molecule has 0 aliphatic carbocycles. The van der Waals surface area contributed by atoms with Gasteiger partial charge in [0.25, 0.3) is 5.91 Å². The Morgan fingerprint density at radius 3 is 2.28 bits per heavy atom. The standard InChI is InChI=1S/C23H28N2O6S/c1-28-17-10-16(11-18(12-17)29-2)23(27)25-14-32-13-19(25)22(26)24-8-7-15-5-6-20(30-3)21(9-15)31-4/h5-6,9-12,19H,7-8,13-14H2,1-4H3,(H,24,26). The lowest BCUT2D eigenvalue weighted by molar-refractivity contribution is -0.124. The third-order valence-electron chi connectivity index (χ3n) is 5.21. The van der Waals surface area contributed by atoms with E-state index in [2.05, 4.69) is 5.32 Å². The van der Waals surface area contributed by atoms with Crippen LogP contribution in [0.25, 0.3) is 0 Å². The SMILES string of the molecule is COc1cc(OC)cc(C(=O)N2CSCC2C(=O)NCCc2ccc(OC)c(OC)c2)c1. The van der Waals surface area contributed by atoms with E-state index in [1.807, 2.05) is 18.2 Å². The molecule has 1 N–H and O–H groups in total. The number of thioether (sulfide) groups is 1. The van der Waals surface area contributed by atoms with Gasteiger partial charge in [-0.3, -0.25) is 9.59 Å². The summed E-state index contributed by atoms with van der Waals surface area (Å²) in [6, 6.07) is 10.1. The summed E-state index contributed by atoms with van der Waals surface area (Å²) in [5.41, 5.74) is 1.44. The van der Waals surface area contributed by atoms with Crippen LogP contribution < -0.4 is 24.3 Å². The first-order valence-corrected chi connectivity index (χ1v) is 11.3. The Balaban J connectivity index is 1.62. The van der Waals surface area contributed by atoms with Gasteiger partial charge in [-0.1, -0.05) is 6.07 Å². The number of rotatable bonds is 9. The van der Waals surface area contributed by atoms with Crippen LogP contribution in [-0.2, 0) is 11.2 Å². The largest absolute Gasteiger partial charge is 0.497 e. The number of hydrogen-bond donors (Lipinski definition) is 1. The van der Waals surface area contributed by atoms with Gasteiger partial charge < -0.3 is 29.2 Å². The molecule has 2 aromatic carbocycles. The summed E-state index contributed by atoms with van der Waals surface area (Å²) in [5, 5.41) is 2.95. The van der Waals surface area contributed by atoms with E-state index in [4.69, 9.17) is 18.9 Å². The molecule has 1 fully saturated rings. The number of carbonyl (C=O) groups excluding carboxylic acids is 2. The van der Waals surface area contributed by atoms with Crippen molar-refractivity contribution < 1.29 is 28.5 Å². The Morgan fingerprint density at radius 2 is 1.66 bits per heavy atom. The van der Waals surface area contributed by atoms with E-state index in [1.165, 1.54) is 14.2 Å². The summed E-state index contributed by atoms with van der Waals surface area (Å²) in [6.07, 6.45) is 0.632. The van der Waals surface area contributed by atoms with Crippen LogP contribution in [0.2, 0.25) is 0 Å². The first-order valence-electron chi connectivity index (χ1n) is 10.1. The van der Waals surface area contributed by atoms with Crippen molar-refractivity contribution in [3.05, 3.63) is 47.5 Å². The van der Waals surface area contributed by atoms with Crippen molar-refractivity contribution >= 4 is 23.6 Å². The highest BCUT2D eigenvalue weighted by Crippen LogP contribution is 2.29. The second-order valence-electron chi connectivity index (χ2n) is 7.12. The molecule has 8 nitrogen and oxygen atoms in total. The van der Waals surface area contributed by atoms with Gasteiger partial charge in [-0.05, 0) is 36.2 Å². The summed E-state index contributed by atoms with van der Waals surface area (Å²) in [6.45, 7) is 0.449. The first kappa shape index (κ1) is 23.6. The Labute approximate surface area is 192 Å². The normalized spacial score (nSPS) is 15.2. The van der Waals surface area contributed by atoms with Crippen LogP contribution >= 0.6 is 11.8 Å². The molecular weight excluding hydrogens is 432 g/mol. The molecule has 0 saturated carbocycles. The maximum Gasteiger partial charge on any atom is 0.255 e. The van der Waals surface area contributed by atoms with Gasteiger partial charge in [0.2, 0.25) is 5.91 Å². The van der Waals surface area contributed by atoms with Crippen molar-refractivity contribution in [3.63, 3.8) is 0 Å². The van der Waals surface area contributed by atoms with Crippen molar-refractivity contribution in [1.29, 1.82) is 0 Å². The van der Waals surface area contributed by atoms with Crippen LogP contribution in [-0.4, -0.2) is 69.4 Å². The zero-order valence-corrected chi connectivity index (χ0v) is 19.5. The zero-order chi connectivity index (χ0) is 23.1. The van der Waals surface area contributed by atoms with Gasteiger partial charge >= 0.3 is 0 Å². The molecule has 0 aromatic heterocycles. The second-order valence-corrected chi connectivity index (χ2v) is 8.12. The summed E-state index contributed by atoms with van der Waals surface area (Å²) in [4.78, 5) is 27.5. The van der Waals surface area contributed by atoms with Gasteiger partial charge in [0.05, 0.1) is 34.3 Å². The van der Waals surface area contributed by atoms with Crippen LogP contribution in [0.3, 0.4) is 0 Å². The number of benzene rings is 2. The maximum absolute atomic E-state index is 13.1. The van der Waals surface area contributed by atoms with E-state index in [-0.39, 0.29) is 11.8 Å². The number of nitrogens with one attached hydrogen (secondary N) is 1. The molecule has 2 amide bonds. The van der Waals surface area contributed by atoms with E-state index in [1.54, 1.807) is 49.1 Å². The summed E-state index contributed by atoms with van der Waals surface area (Å²) in [7, 11) is 6.24. The van der Waals surface area contributed by atoms with Crippen molar-refractivity contribution in [3.8, 4) is 23.0 Å². The molecule has 0 spiro atoms. The molecule has 0 radical (unpaired) electrons. The number of carbonyl (C=O) groups is 2. The van der Waals surface area contributed by atoms with E-state index < -0.39 is 6.04 Å². The maximum atomic E-state index is 13.1. The first-order chi connectivity index (χ1) is 15.5. The Kier molecular flexibility index (Phi) is 8.10. The molecule has 9 heteroatoms. The van der Waals surface area contributed by atoms with Crippen LogP contribution in [0.4, 0.5) is 0 Å². The lowest BCUT2D eigenvalue weighted by Gasteiger charge is -2.23. The average molecular weight is 461 g/mol.